The summed E-state index contributed by atoms with van der Waals surface area (Å²) in [5.74, 6) is 0.563. The molecule has 164 valence electrons. The maximum Gasteiger partial charge on any atom is 0.251 e. The van der Waals surface area contributed by atoms with Crippen molar-refractivity contribution in [2.75, 3.05) is 42.9 Å². The minimum Gasteiger partial charge on any atom is -0.354 e. The van der Waals surface area contributed by atoms with E-state index < -0.39 is 0 Å². The molecule has 2 heterocycles. The van der Waals surface area contributed by atoms with Crippen LogP contribution in [0.3, 0.4) is 0 Å². The highest BCUT2D eigenvalue weighted by Crippen LogP contribution is 2.17. The largest absolute Gasteiger partial charge is 0.354 e. The summed E-state index contributed by atoms with van der Waals surface area (Å²) in [4.78, 5) is 37.4. The van der Waals surface area contributed by atoms with Gasteiger partial charge < -0.3 is 15.5 Å². The van der Waals surface area contributed by atoms with Crippen LogP contribution in [0.4, 0.5) is 11.6 Å². The van der Waals surface area contributed by atoms with Gasteiger partial charge in [-0.2, -0.15) is 0 Å². The number of nitrogens with zero attached hydrogens (tertiary/aromatic N) is 4. The maximum absolute atomic E-state index is 12.2. The Morgan fingerprint density at radius 1 is 0.875 bits per heavy atom. The van der Waals surface area contributed by atoms with Crippen molar-refractivity contribution in [2.24, 2.45) is 0 Å². The second kappa shape index (κ2) is 10.5. The maximum atomic E-state index is 12.2. The van der Waals surface area contributed by atoms with E-state index in [-0.39, 0.29) is 18.4 Å². The zero-order chi connectivity index (χ0) is 22.2. The van der Waals surface area contributed by atoms with Gasteiger partial charge in [-0.1, -0.05) is 48.5 Å². The predicted octanol–water partition coefficient (Wildman–Crippen LogP) is 2.17. The molecule has 1 aliphatic rings. The normalized spacial score (nSPS) is 14.1. The number of piperazine rings is 1. The number of hydrogen-bond donors (Lipinski definition) is 2. The Hall–Kier alpha value is -3.78. The Kier molecular flexibility index (Phi) is 7.04. The fourth-order valence-corrected chi connectivity index (χ4v) is 3.60. The molecule has 8 nitrogen and oxygen atoms in total. The van der Waals surface area contributed by atoms with Gasteiger partial charge in [0, 0.05) is 44.4 Å². The fraction of sp³-hybridized carbons (Fsp3) is 0.250. The van der Waals surface area contributed by atoms with Crippen LogP contribution in [0, 0.1) is 0 Å². The lowest BCUT2D eigenvalue weighted by atomic mass is 10.2. The summed E-state index contributed by atoms with van der Waals surface area (Å²) in [7, 11) is 0. The number of aromatic nitrogens is 2. The molecule has 2 N–H and O–H groups in total. The lowest BCUT2D eigenvalue weighted by molar-refractivity contribution is -0.115. The summed E-state index contributed by atoms with van der Waals surface area (Å²) >= 11 is 0. The Labute approximate surface area is 187 Å². The zero-order valence-electron chi connectivity index (χ0n) is 17.8. The number of anilines is 2. The summed E-state index contributed by atoms with van der Waals surface area (Å²) in [5.41, 5.74) is 1.82. The molecule has 32 heavy (non-hydrogen) atoms. The Morgan fingerprint density at radius 2 is 1.56 bits per heavy atom. The Morgan fingerprint density at radius 3 is 2.28 bits per heavy atom. The molecular weight excluding hydrogens is 404 g/mol. The minimum absolute atomic E-state index is 0.134. The monoisotopic (exact) mass is 430 g/mol. The number of hydrogen-bond acceptors (Lipinski definition) is 6. The highest BCUT2D eigenvalue weighted by molar-refractivity contribution is 5.99. The lowest BCUT2D eigenvalue weighted by Crippen LogP contribution is -2.46. The van der Waals surface area contributed by atoms with Crippen LogP contribution in [-0.2, 0) is 11.3 Å². The van der Waals surface area contributed by atoms with E-state index in [2.05, 4.69) is 54.7 Å². The van der Waals surface area contributed by atoms with E-state index in [0.717, 1.165) is 38.5 Å². The van der Waals surface area contributed by atoms with Gasteiger partial charge in [0.05, 0.1) is 6.54 Å². The summed E-state index contributed by atoms with van der Waals surface area (Å²) in [5, 5.41) is 5.34. The van der Waals surface area contributed by atoms with Gasteiger partial charge in [0.2, 0.25) is 5.91 Å². The van der Waals surface area contributed by atoms with Crippen LogP contribution in [0.25, 0.3) is 0 Å². The van der Waals surface area contributed by atoms with Gasteiger partial charge in [0.1, 0.15) is 18.0 Å². The molecule has 1 aromatic heterocycles. The van der Waals surface area contributed by atoms with Crippen molar-refractivity contribution in [1.82, 2.24) is 20.2 Å². The van der Waals surface area contributed by atoms with Crippen molar-refractivity contribution in [3.63, 3.8) is 0 Å². The Bertz CT molecular complexity index is 1040. The topological polar surface area (TPSA) is 90.5 Å². The Balaban J connectivity index is 1.26. The second-order valence-electron chi connectivity index (χ2n) is 7.61. The lowest BCUT2D eigenvalue weighted by Gasteiger charge is -2.35. The quantitative estimate of drug-likeness (QED) is 0.597. The summed E-state index contributed by atoms with van der Waals surface area (Å²) < 4.78 is 0. The minimum atomic E-state index is -0.341. The molecule has 0 spiro atoms. The average molecular weight is 431 g/mol. The molecule has 0 unspecified atom stereocenters. The zero-order valence-corrected chi connectivity index (χ0v) is 17.8. The highest BCUT2D eigenvalue weighted by atomic mass is 16.2. The molecule has 1 saturated heterocycles. The molecule has 4 rings (SSSR count). The summed E-state index contributed by atoms with van der Waals surface area (Å²) in [6.45, 7) is 4.38. The fourth-order valence-electron chi connectivity index (χ4n) is 3.60. The molecule has 1 fully saturated rings. The first-order valence-electron chi connectivity index (χ1n) is 10.6. The van der Waals surface area contributed by atoms with E-state index in [4.69, 9.17) is 0 Å². The molecule has 0 atom stereocenters. The van der Waals surface area contributed by atoms with E-state index in [0.29, 0.717) is 11.4 Å². The first kappa shape index (κ1) is 21.5. The predicted molar refractivity (Wildman–Crippen MR) is 123 cm³/mol. The standard InChI is InChI=1S/C24H26N6O2/c31-23(16-25-24(32)20-9-5-2-6-10-20)28-21-15-22(27-18-26-21)30-13-11-29(12-14-30)17-19-7-3-1-4-8-19/h1-10,15,18H,11-14,16-17H2,(H,25,32)(H,26,27,28,31). The van der Waals surface area contributed by atoms with Gasteiger partial charge >= 0.3 is 0 Å². The number of rotatable bonds is 7. The van der Waals surface area contributed by atoms with Gasteiger partial charge in [0.15, 0.2) is 0 Å². The highest BCUT2D eigenvalue weighted by Gasteiger charge is 2.19. The van der Waals surface area contributed by atoms with Crippen LogP contribution in [0.15, 0.2) is 73.1 Å². The molecular formula is C24H26N6O2. The summed E-state index contributed by atoms with van der Waals surface area (Å²) in [6, 6.07) is 21.0. The molecule has 0 aliphatic carbocycles. The molecule has 0 radical (unpaired) electrons. The molecule has 8 heteroatoms. The van der Waals surface area contributed by atoms with Gasteiger partial charge in [-0.05, 0) is 17.7 Å². The van der Waals surface area contributed by atoms with E-state index in [1.54, 1.807) is 30.3 Å². The first-order chi connectivity index (χ1) is 15.7. The molecule has 3 aromatic rings. The van der Waals surface area contributed by atoms with Crippen molar-refractivity contribution < 1.29 is 9.59 Å². The molecule has 0 saturated carbocycles. The number of nitrogens with one attached hydrogen (secondary N) is 2. The third-order valence-electron chi connectivity index (χ3n) is 5.31. The SMILES string of the molecule is O=C(CNC(=O)c1ccccc1)Nc1cc(N2CCN(Cc3ccccc3)CC2)ncn1. The van der Waals surface area contributed by atoms with Crippen LogP contribution >= 0.6 is 0 Å². The van der Waals surface area contributed by atoms with E-state index in [1.165, 1.54) is 11.9 Å². The van der Waals surface area contributed by atoms with Crippen molar-refractivity contribution in [3.8, 4) is 0 Å². The van der Waals surface area contributed by atoms with Crippen LogP contribution in [-0.4, -0.2) is 59.4 Å². The molecule has 2 amide bonds. The van der Waals surface area contributed by atoms with Crippen molar-refractivity contribution >= 4 is 23.5 Å². The summed E-state index contributed by atoms with van der Waals surface area (Å²) in [6.07, 6.45) is 1.45. The van der Waals surface area contributed by atoms with E-state index in [1.807, 2.05) is 12.1 Å². The van der Waals surface area contributed by atoms with Crippen LogP contribution in [0.2, 0.25) is 0 Å². The van der Waals surface area contributed by atoms with E-state index in [9.17, 15) is 9.59 Å². The van der Waals surface area contributed by atoms with Gasteiger partial charge in [-0.3, -0.25) is 14.5 Å². The number of carbonyl (C=O) groups excluding carboxylic acids is 2. The van der Waals surface area contributed by atoms with Crippen LogP contribution in [0.5, 0.6) is 0 Å². The second-order valence-corrected chi connectivity index (χ2v) is 7.61. The number of carbonyl (C=O) groups is 2. The molecule has 0 bridgehead atoms. The number of benzene rings is 2. The molecule has 2 aromatic carbocycles. The van der Waals surface area contributed by atoms with Crippen molar-refractivity contribution in [2.45, 2.75) is 6.54 Å². The average Bonchev–Trinajstić information content (AvgIpc) is 2.84. The number of amides is 2. The third-order valence-corrected chi connectivity index (χ3v) is 5.31. The van der Waals surface area contributed by atoms with Gasteiger partial charge in [0.25, 0.3) is 5.91 Å². The van der Waals surface area contributed by atoms with Gasteiger partial charge in [-0.15, -0.1) is 0 Å². The van der Waals surface area contributed by atoms with Gasteiger partial charge in [-0.25, -0.2) is 9.97 Å². The van der Waals surface area contributed by atoms with Crippen LogP contribution in [0.1, 0.15) is 15.9 Å². The first-order valence-corrected chi connectivity index (χ1v) is 10.6. The van der Waals surface area contributed by atoms with Crippen molar-refractivity contribution in [3.05, 3.63) is 84.2 Å². The third kappa shape index (κ3) is 5.89. The van der Waals surface area contributed by atoms with E-state index >= 15 is 0 Å². The smallest absolute Gasteiger partial charge is 0.251 e. The van der Waals surface area contributed by atoms with Crippen molar-refractivity contribution in [1.29, 1.82) is 0 Å². The molecule has 1 aliphatic heterocycles. The van der Waals surface area contributed by atoms with Crippen LogP contribution < -0.4 is 15.5 Å².